The van der Waals surface area contributed by atoms with Gasteiger partial charge in [-0.15, -0.1) is 0 Å². The Morgan fingerprint density at radius 1 is 1.47 bits per heavy atom. The molecule has 82 valence electrons. The van der Waals surface area contributed by atoms with Crippen LogP contribution in [0.4, 0.5) is 5.82 Å². The van der Waals surface area contributed by atoms with Gasteiger partial charge in [-0.25, -0.2) is 4.98 Å². The lowest BCUT2D eigenvalue weighted by Crippen LogP contribution is -2.26. The molecule has 2 nitrogen and oxygen atoms in total. The number of hydrogen-bond acceptors (Lipinski definition) is 2. The molecule has 0 aromatic carbocycles. The molecule has 1 fully saturated rings. The molecule has 1 aliphatic carbocycles. The van der Waals surface area contributed by atoms with Crippen LogP contribution in [-0.2, 0) is 0 Å². The number of hydrogen-bond donors (Lipinski definition) is 0. The molecule has 0 radical (unpaired) electrons. The maximum absolute atomic E-state index is 4.60. The third-order valence-corrected chi connectivity index (χ3v) is 3.73. The molecule has 0 bridgehead atoms. The molecule has 1 aromatic rings. The minimum Gasteiger partial charge on any atom is -0.357 e. The Morgan fingerprint density at radius 3 is 2.73 bits per heavy atom. The maximum atomic E-state index is 4.60. The molecule has 1 aliphatic rings. The molecule has 3 heteroatoms. The number of aryl methyl sites for hydroxylation is 1. The molecule has 0 amide bonds. The number of aromatic nitrogens is 1. The Labute approximate surface area is 99.8 Å². The highest BCUT2D eigenvalue weighted by Gasteiger charge is 2.24. The summed E-state index contributed by atoms with van der Waals surface area (Å²) in [7, 11) is 0. The summed E-state index contributed by atoms with van der Waals surface area (Å²) in [5.41, 5.74) is 1.07. The van der Waals surface area contributed by atoms with Gasteiger partial charge in [0.2, 0.25) is 0 Å². The monoisotopic (exact) mass is 268 g/mol. The molecule has 0 aliphatic heterocycles. The van der Waals surface area contributed by atoms with Crippen LogP contribution >= 0.6 is 15.9 Å². The predicted molar refractivity (Wildman–Crippen MR) is 67.3 cm³/mol. The summed E-state index contributed by atoms with van der Waals surface area (Å²) in [5.74, 6) is 2.03. The quantitative estimate of drug-likeness (QED) is 0.833. The molecule has 0 spiro atoms. The van der Waals surface area contributed by atoms with Gasteiger partial charge in [0.1, 0.15) is 5.82 Å². The first-order valence-corrected chi connectivity index (χ1v) is 6.38. The van der Waals surface area contributed by atoms with Crippen LogP contribution in [0.25, 0.3) is 0 Å². The lowest BCUT2D eigenvalue weighted by atomic mass is 10.3. The van der Waals surface area contributed by atoms with Crippen LogP contribution in [0.1, 0.15) is 25.5 Å². The average Bonchev–Trinajstić information content (AvgIpc) is 3.02. The minimum atomic E-state index is 0.913. The third kappa shape index (κ3) is 2.71. The zero-order valence-corrected chi connectivity index (χ0v) is 10.9. The highest BCUT2D eigenvalue weighted by Crippen LogP contribution is 2.31. The van der Waals surface area contributed by atoms with Gasteiger partial charge in [-0.1, -0.05) is 0 Å². The van der Waals surface area contributed by atoms with Gasteiger partial charge < -0.3 is 4.90 Å². The normalized spacial score (nSPS) is 15.4. The van der Waals surface area contributed by atoms with E-state index in [0.717, 1.165) is 28.4 Å². The van der Waals surface area contributed by atoms with Gasteiger partial charge in [-0.3, -0.25) is 0 Å². The van der Waals surface area contributed by atoms with Crippen molar-refractivity contribution in [1.29, 1.82) is 0 Å². The SMILES string of the molecule is CCN(CC1CC1)c1ccc(Br)c(C)n1. The zero-order chi connectivity index (χ0) is 10.8. The predicted octanol–water partition coefficient (Wildman–Crippen LogP) is 3.39. The van der Waals surface area contributed by atoms with Gasteiger partial charge in [-0.2, -0.15) is 0 Å². The first-order valence-electron chi connectivity index (χ1n) is 5.58. The van der Waals surface area contributed by atoms with Gasteiger partial charge >= 0.3 is 0 Å². The maximum Gasteiger partial charge on any atom is 0.128 e. The van der Waals surface area contributed by atoms with E-state index < -0.39 is 0 Å². The minimum absolute atomic E-state index is 0.913. The van der Waals surface area contributed by atoms with Crippen LogP contribution < -0.4 is 4.90 Å². The van der Waals surface area contributed by atoms with E-state index in [1.165, 1.54) is 19.4 Å². The standard InChI is InChI=1S/C12H17BrN2/c1-3-15(8-10-4-5-10)12-7-6-11(13)9(2)14-12/h6-7,10H,3-5,8H2,1-2H3. The Bertz CT molecular complexity index is 347. The molecule has 0 atom stereocenters. The van der Waals surface area contributed by atoms with Crippen LogP contribution in [0.5, 0.6) is 0 Å². The number of rotatable bonds is 4. The van der Waals surface area contributed by atoms with E-state index in [0.29, 0.717) is 0 Å². The van der Waals surface area contributed by atoms with E-state index in [1.54, 1.807) is 0 Å². The summed E-state index contributed by atoms with van der Waals surface area (Å²) in [4.78, 5) is 6.98. The molecule has 2 rings (SSSR count). The van der Waals surface area contributed by atoms with Gasteiger partial charge in [0.25, 0.3) is 0 Å². The van der Waals surface area contributed by atoms with E-state index in [4.69, 9.17) is 0 Å². The van der Waals surface area contributed by atoms with E-state index in [9.17, 15) is 0 Å². The van der Waals surface area contributed by atoms with Crippen molar-refractivity contribution < 1.29 is 0 Å². The van der Waals surface area contributed by atoms with Crippen LogP contribution in [0.15, 0.2) is 16.6 Å². The lowest BCUT2D eigenvalue weighted by Gasteiger charge is -2.22. The average molecular weight is 269 g/mol. The molecule has 15 heavy (non-hydrogen) atoms. The van der Waals surface area contributed by atoms with Crippen molar-refractivity contribution in [3.63, 3.8) is 0 Å². The van der Waals surface area contributed by atoms with Crippen molar-refractivity contribution in [1.82, 2.24) is 4.98 Å². The molecule has 1 saturated carbocycles. The summed E-state index contributed by atoms with van der Waals surface area (Å²) in [6.45, 7) is 6.45. The van der Waals surface area contributed by atoms with Gasteiger partial charge in [0.05, 0.1) is 5.69 Å². The fraction of sp³-hybridized carbons (Fsp3) is 0.583. The van der Waals surface area contributed by atoms with Crippen LogP contribution in [-0.4, -0.2) is 18.1 Å². The number of halogens is 1. The lowest BCUT2D eigenvalue weighted by molar-refractivity contribution is 0.730. The fourth-order valence-electron chi connectivity index (χ4n) is 1.70. The van der Waals surface area contributed by atoms with Gasteiger partial charge in [0.15, 0.2) is 0 Å². The van der Waals surface area contributed by atoms with Crippen molar-refractivity contribution in [2.45, 2.75) is 26.7 Å². The van der Waals surface area contributed by atoms with E-state index in [1.807, 2.05) is 6.92 Å². The van der Waals surface area contributed by atoms with Crippen molar-refractivity contribution in [3.05, 3.63) is 22.3 Å². The summed E-state index contributed by atoms with van der Waals surface area (Å²) >= 11 is 3.48. The molecular weight excluding hydrogens is 252 g/mol. The van der Waals surface area contributed by atoms with Crippen LogP contribution in [0.2, 0.25) is 0 Å². The molecule has 1 aromatic heterocycles. The molecule has 0 N–H and O–H groups in total. The second-order valence-corrected chi connectivity index (χ2v) is 5.07. The van der Waals surface area contributed by atoms with Crippen molar-refractivity contribution >= 4 is 21.7 Å². The Morgan fingerprint density at radius 2 is 2.20 bits per heavy atom. The summed E-state index contributed by atoms with van der Waals surface area (Å²) in [6.07, 6.45) is 2.79. The highest BCUT2D eigenvalue weighted by molar-refractivity contribution is 9.10. The Kier molecular flexibility index (Phi) is 3.29. The smallest absolute Gasteiger partial charge is 0.128 e. The fourth-order valence-corrected chi connectivity index (χ4v) is 1.92. The second kappa shape index (κ2) is 4.52. The van der Waals surface area contributed by atoms with E-state index in [-0.39, 0.29) is 0 Å². The molecular formula is C12H17BrN2. The molecule has 1 heterocycles. The Hall–Kier alpha value is -0.570. The first kappa shape index (κ1) is 10.9. The van der Waals surface area contributed by atoms with Gasteiger partial charge in [-0.05, 0) is 60.7 Å². The summed E-state index contributed by atoms with van der Waals surface area (Å²) in [5, 5.41) is 0. The Balaban J connectivity index is 2.13. The third-order valence-electron chi connectivity index (χ3n) is 2.89. The van der Waals surface area contributed by atoms with Crippen molar-refractivity contribution in [2.24, 2.45) is 5.92 Å². The van der Waals surface area contributed by atoms with Crippen molar-refractivity contribution in [2.75, 3.05) is 18.0 Å². The second-order valence-electron chi connectivity index (χ2n) is 4.22. The number of pyridine rings is 1. The van der Waals surface area contributed by atoms with Crippen LogP contribution in [0, 0.1) is 12.8 Å². The summed E-state index contributed by atoms with van der Waals surface area (Å²) < 4.78 is 1.09. The first-order chi connectivity index (χ1) is 7.20. The molecule has 0 saturated heterocycles. The largest absolute Gasteiger partial charge is 0.357 e. The highest BCUT2D eigenvalue weighted by atomic mass is 79.9. The van der Waals surface area contributed by atoms with Crippen molar-refractivity contribution in [3.8, 4) is 0 Å². The van der Waals surface area contributed by atoms with Gasteiger partial charge in [0, 0.05) is 17.6 Å². The topological polar surface area (TPSA) is 16.1 Å². The van der Waals surface area contributed by atoms with Crippen LogP contribution in [0.3, 0.4) is 0 Å². The van der Waals surface area contributed by atoms with E-state index >= 15 is 0 Å². The van der Waals surface area contributed by atoms with E-state index in [2.05, 4.69) is 44.9 Å². The zero-order valence-electron chi connectivity index (χ0n) is 9.33. The molecule has 0 unspecified atom stereocenters. The number of anilines is 1. The number of nitrogens with zero attached hydrogens (tertiary/aromatic N) is 2. The summed E-state index contributed by atoms with van der Waals surface area (Å²) in [6, 6.07) is 4.19.